The Morgan fingerprint density at radius 1 is 1.50 bits per heavy atom. The Labute approximate surface area is 98.9 Å². The molecule has 1 aromatic carbocycles. The largest absolute Gasteiger partial charge is 0.365 e. The molecule has 0 radical (unpaired) electrons. The summed E-state index contributed by atoms with van der Waals surface area (Å²) in [4.78, 5) is 13.6. The van der Waals surface area contributed by atoms with Crippen molar-refractivity contribution in [2.75, 3.05) is 24.6 Å². The smallest absolute Gasteiger partial charge is 0.257 e. The van der Waals surface area contributed by atoms with E-state index in [0.717, 1.165) is 5.69 Å². The fraction of sp³-hybridized carbons (Fsp3) is 0.364. The molecule has 1 heterocycles. The SMILES string of the molecule is NCC1OCCN(c2ccccc2Cl)C1=O. The number of rotatable bonds is 2. The van der Waals surface area contributed by atoms with Gasteiger partial charge in [0, 0.05) is 13.1 Å². The third-order valence-electron chi connectivity index (χ3n) is 2.53. The molecule has 1 unspecified atom stereocenters. The van der Waals surface area contributed by atoms with Crippen LogP contribution in [0.2, 0.25) is 5.02 Å². The van der Waals surface area contributed by atoms with Gasteiger partial charge in [0.15, 0.2) is 0 Å². The second-order valence-electron chi connectivity index (χ2n) is 3.54. The van der Waals surface area contributed by atoms with E-state index >= 15 is 0 Å². The summed E-state index contributed by atoms with van der Waals surface area (Å²) in [5.74, 6) is -0.123. The molecule has 16 heavy (non-hydrogen) atoms. The molecule has 0 saturated carbocycles. The van der Waals surface area contributed by atoms with E-state index in [-0.39, 0.29) is 12.5 Å². The van der Waals surface area contributed by atoms with Crippen molar-refractivity contribution in [2.24, 2.45) is 5.73 Å². The number of morpholine rings is 1. The molecule has 2 N–H and O–H groups in total. The van der Waals surface area contributed by atoms with E-state index in [1.807, 2.05) is 18.2 Å². The first kappa shape index (κ1) is 11.4. The standard InChI is InChI=1S/C11H13ClN2O2/c12-8-3-1-2-4-9(8)14-5-6-16-10(7-13)11(14)15/h1-4,10H,5-7,13H2. The molecule has 1 fully saturated rings. The lowest BCUT2D eigenvalue weighted by Crippen LogP contribution is -2.50. The molecule has 1 atom stereocenters. The summed E-state index contributed by atoms with van der Waals surface area (Å²) in [6, 6.07) is 7.26. The molecule has 0 aromatic heterocycles. The Balaban J connectivity index is 2.27. The Kier molecular flexibility index (Phi) is 3.43. The third-order valence-corrected chi connectivity index (χ3v) is 2.85. The molecule has 4 nitrogen and oxygen atoms in total. The highest BCUT2D eigenvalue weighted by Gasteiger charge is 2.30. The van der Waals surface area contributed by atoms with Gasteiger partial charge in [-0.3, -0.25) is 4.79 Å². The number of nitrogens with two attached hydrogens (primary N) is 1. The van der Waals surface area contributed by atoms with Crippen molar-refractivity contribution in [3.63, 3.8) is 0 Å². The molecule has 1 saturated heterocycles. The number of nitrogens with zero attached hydrogens (tertiary/aromatic N) is 1. The van der Waals surface area contributed by atoms with E-state index in [1.165, 1.54) is 0 Å². The molecule has 5 heteroatoms. The molecule has 0 bridgehead atoms. The number of carbonyl (C=O) groups is 1. The lowest BCUT2D eigenvalue weighted by atomic mass is 10.2. The first-order valence-electron chi connectivity index (χ1n) is 5.11. The summed E-state index contributed by atoms with van der Waals surface area (Å²) in [5, 5.41) is 0.563. The number of ether oxygens (including phenoxy) is 1. The molecule has 1 aliphatic rings. The zero-order valence-electron chi connectivity index (χ0n) is 8.73. The van der Waals surface area contributed by atoms with Crippen molar-refractivity contribution in [2.45, 2.75) is 6.10 Å². The molecular formula is C11H13ClN2O2. The molecule has 1 aromatic rings. The van der Waals surface area contributed by atoms with Gasteiger partial charge < -0.3 is 15.4 Å². The Hall–Kier alpha value is -1.10. The zero-order valence-corrected chi connectivity index (χ0v) is 9.48. The van der Waals surface area contributed by atoms with Gasteiger partial charge in [0.1, 0.15) is 6.10 Å². The minimum atomic E-state index is -0.551. The van der Waals surface area contributed by atoms with Crippen LogP contribution in [0.4, 0.5) is 5.69 Å². The first-order chi connectivity index (χ1) is 7.74. The predicted octanol–water partition coefficient (Wildman–Crippen LogP) is 1.03. The number of amides is 1. The van der Waals surface area contributed by atoms with E-state index < -0.39 is 6.10 Å². The van der Waals surface area contributed by atoms with Crippen LogP contribution in [0.5, 0.6) is 0 Å². The van der Waals surface area contributed by atoms with Gasteiger partial charge in [-0.25, -0.2) is 0 Å². The second-order valence-corrected chi connectivity index (χ2v) is 3.94. The Morgan fingerprint density at radius 3 is 2.94 bits per heavy atom. The summed E-state index contributed by atoms with van der Waals surface area (Å²) < 4.78 is 5.27. The summed E-state index contributed by atoms with van der Waals surface area (Å²) in [6.07, 6.45) is -0.551. The number of hydrogen-bond donors (Lipinski definition) is 1. The Bertz CT molecular complexity index is 397. The first-order valence-corrected chi connectivity index (χ1v) is 5.49. The van der Waals surface area contributed by atoms with Crippen LogP contribution in [-0.2, 0) is 9.53 Å². The third kappa shape index (κ3) is 2.04. The van der Waals surface area contributed by atoms with Gasteiger partial charge in [0.25, 0.3) is 5.91 Å². The minimum Gasteiger partial charge on any atom is -0.365 e. The highest BCUT2D eigenvalue weighted by Crippen LogP contribution is 2.27. The lowest BCUT2D eigenvalue weighted by molar-refractivity contribution is -0.133. The summed E-state index contributed by atoms with van der Waals surface area (Å²) in [6.45, 7) is 1.19. The molecular weight excluding hydrogens is 228 g/mol. The van der Waals surface area contributed by atoms with Gasteiger partial charge in [-0.05, 0) is 12.1 Å². The topological polar surface area (TPSA) is 55.6 Å². The molecule has 86 valence electrons. The van der Waals surface area contributed by atoms with Crippen LogP contribution in [-0.4, -0.2) is 31.7 Å². The molecule has 0 aliphatic carbocycles. The van der Waals surface area contributed by atoms with Crippen LogP contribution >= 0.6 is 11.6 Å². The fourth-order valence-corrected chi connectivity index (χ4v) is 1.96. The summed E-state index contributed by atoms with van der Waals surface area (Å²) >= 11 is 6.05. The molecule has 1 aliphatic heterocycles. The number of para-hydroxylation sites is 1. The van der Waals surface area contributed by atoms with Crippen LogP contribution in [0.25, 0.3) is 0 Å². The van der Waals surface area contributed by atoms with Crippen molar-refractivity contribution < 1.29 is 9.53 Å². The van der Waals surface area contributed by atoms with E-state index in [0.29, 0.717) is 18.2 Å². The van der Waals surface area contributed by atoms with Crippen molar-refractivity contribution in [1.82, 2.24) is 0 Å². The minimum absolute atomic E-state index is 0.123. The highest BCUT2D eigenvalue weighted by molar-refractivity contribution is 6.33. The maximum Gasteiger partial charge on any atom is 0.257 e. The maximum atomic E-state index is 12.0. The van der Waals surface area contributed by atoms with Gasteiger partial charge in [0.2, 0.25) is 0 Å². The van der Waals surface area contributed by atoms with E-state index in [1.54, 1.807) is 11.0 Å². The average Bonchev–Trinajstić information content (AvgIpc) is 2.31. The van der Waals surface area contributed by atoms with E-state index in [4.69, 9.17) is 22.1 Å². The lowest BCUT2D eigenvalue weighted by Gasteiger charge is -2.32. The van der Waals surface area contributed by atoms with Crippen LogP contribution in [0, 0.1) is 0 Å². The van der Waals surface area contributed by atoms with Crippen LogP contribution in [0.3, 0.4) is 0 Å². The highest BCUT2D eigenvalue weighted by atomic mass is 35.5. The van der Waals surface area contributed by atoms with Crippen molar-refractivity contribution >= 4 is 23.2 Å². The maximum absolute atomic E-state index is 12.0. The predicted molar refractivity (Wildman–Crippen MR) is 62.6 cm³/mol. The van der Waals surface area contributed by atoms with Gasteiger partial charge in [0.05, 0.1) is 17.3 Å². The van der Waals surface area contributed by atoms with Crippen LogP contribution in [0.1, 0.15) is 0 Å². The summed E-state index contributed by atoms with van der Waals surface area (Å²) in [7, 11) is 0. The number of benzene rings is 1. The van der Waals surface area contributed by atoms with Gasteiger partial charge in [-0.15, -0.1) is 0 Å². The normalized spacial score (nSPS) is 21.2. The van der Waals surface area contributed by atoms with Gasteiger partial charge >= 0.3 is 0 Å². The van der Waals surface area contributed by atoms with E-state index in [9.17, 15) is 4.79 Å². The van der Waals surface area contributed by atoms with Gasteiger partial charge in [-0.2, -0.15) is 0 Å². The molecule has 1 amide bonds. The monoisotopic (exact) mass is 240 g/mol. The van der Waals surface area contributed by atoms with Crippen molar-refractivity contribution in [1.29, 1.82) is 0 Å². The number of anilines is 1. The van der Waals surface area contributed by atoms with Crippen molar-refractivity contribution in [3.05, 3.63) is 29.3 Å². The fourth-order valence-electron chi connectivity index (χ4n) is 1.72. The number of hydrogen-bond acceptors (Lipinski definition) is 3. The molecule has 0 spiro atoms. The van der Waals surface area contributed by atoms with Gasteiger partial charge in [-0.1, -0.05) is 23.7 Å². The second kappa shape index (κ2) is 4.82. The molecule has 2 rings (SSSR count). The quantitative estimate of drug-likeness (QED) is 0.840. The van der Waals surface area contributed by atoms with E-state index in [2.05, 4.69) is 0 Å². The summed E-state index contributed by atoms with van der Waals surface area (Å²) in [5.41, 5.74) is 6.18. The van der Waals surface area contributed by atoms with Crippen LogP contribution < -0.4 is 10.6 Å². The zero-order chi connectivity index (χ0) is 11.5. The van der Waals surface area contributed by atoms with Crippen LogP contribution in [0.15, 0.2) is 24.3 Å². The Morgan fingerprint density at radius 2 is 2.25 bits per heavy atom. The number of halogens is 1. The van der Waals surface area contributed by atoms with Crippen molar-refractivity contribution in [3.8, 4) is 0 Å². The average molecular weight is 241 g/mol. The number of carbonyl (C=O) groups excluding carboxylic acids is 1.